The summed E-state index contributed by atoms with van der Waals surface area (Å²) in [6.45, 7) is 9.10. The number of benzene rings is 1. The average molecular weight is 357 g/mol. The first kappa shape index (κ1) is 17.3. The van der Waals surface area contributed by atoms with Gasteiger partial charge in [0.2, 0.25) is 5.91 Å². The van der Waals surface area contributed by atoms with Crippen LogP contribution in [0.5, 0.6) is 0 Å². The summed E-state index contributed by atoms with van der Waals surface area (Å²) < 4.78 is 11.9. The molecule has 140 valence electrons. The molecule has 3 heterocycles. The number of nitrogens with zero attached hydrogens (tertiary/aromatic N) is 3. The molecule has 1 spiro atoms. The predicted octanol–water partition coefficient (Wildman–Crippen LogP) is 2.95. The molecule has 0 unspecified atom stereocenters. The van der Waals surface area contributed by atoms with Gasteiger partial charge in [0.25, 0.3) is 6.01 Å². The van der Waals surface area contributed by atoms with E-state index in [1.165, 1.54) is 5.56 Å². The molecule has 0 radical (unpaired) electrons. The molecule has 0 N–H and O–H groups in total. The second-order valence-corrected chi connectivity index (χ2v) is 8.64. The SMILES string of the molecule is CN1CC2(CCN(c3nc4cc(C(C)(C)C)ccc4o3)CC2)OCC1=O. The number of piperidine rings is 1. The molecule has 0 bridgehead atoms. The van der Waals surface area contributed by atoms with Crippen molar-refractivity contribution in [3.05, 3.63) is 23.8 Å². The number of likely N-dealkylation sites (N-methyl/N-ethyl adjacent to an activating group) is 1. The van der Waals surface area contributed by atoms with Crippen molar-refractivity contribution in [2.75, 3.05) is 38.2 Å². The van der Waals surface area contributed by atoms with Crippen molar-refractivity contribution in [3.8, 4) is 0 Å². The van der Waals surface area contributed by atoms with Crippen molar-refractivity contribution in [1.29, 1.82) is 0 Å². The van der Waals surface area contributed by atoms with Crippen molar-refractivity contribution >= 4 is 23.0 Å². The highest BCUT2D eigenvalue weighted by Crippen LogP contribution is 2.34. The molecule has 0 atom stereocenters. The molecular formula is C20H27N3O3. The second-order valence-electron chi connectivity index (χ2n) is 8.64. The Bertz CT molecular complexity index is 828. The van der Waals surface area contributed by atoms with Crippen LogP contribution in [0, 0.1) is 0 Å². The number of carbonyl (C=O) groups is 1. The van der Waals surface area contributed by atoms with E-state index in [1.807, 2.05) is 13.1 Å². The molecular weight excluding hydrogens is 330 g/mol. The van der Waals surface area contributed by atoms with Gasteiger partial charge >= 0.3 is 0 Å². The first-order valence-corrected chi connectivity index (χ1v) is 9.30. The topological polar surface area (TPSA) is 58.8 Å². The molecule has 1 amide bonds. The van der Waals surface area contributed by atoms with Gasteiger partial charge in [-0.25, -0.2) is 0 Å². The maximum atomic E-state index is 11.7. The summed E-state index contributed by atoms with van der Waals surface area (Å²) in [4.78, 5) is 20.4. The van der Waals surface area contributed by atoms with E-state index < -0.39 is 0 Å². The van der Waals surface area contributed by atoms with Crippen LogP contribution in [0.3, 0.4) is 0 Å². The molecule has 26 heavy (non-hydrogen) atoms. The van der Waals surface area contributed by atoms with Crippen molar-refractivity contribution < 1.29 is 13.9 Å². The number of hydrogen-bond acceptors (Lipinski definition) is 5. The first-order chi connectivity index (χ1) is 12.3. The van der Waals surface area contributed by atoms with E-state index in [9.17, 15) is 4.79 Å². The van der Waals surface area contributed by atoms with Gasteiger partial charge in [0.15, 0.2) is 5.58 Å². The summed E-state index contributed by atoms with van der Waals surface area (Å²) in [5, 5.41) is 0. The van der Waals surface area contributed by atoms with Crippen molar-refractivity contribution in [2.45, 2.75) is 44.6 Å². The van der Waals surface area contributed by atoms with Gasteiger partial charge < -0.3 is 19.0 Å². The lowest BCUT2D eigenvalue weighted by molar-refractivity contribution is -0.164. The van der Waals surface area contributed by atoms with Crippen LogP contribution in [0.15, 0.2) is 22.6 Å². The Hall–Kier alpha value is -2.08. The van der Waals surface area contributed by atoms with Gasteiger partial charge in [0, 0.05) is 26.7 Å². The molecule has 2 fully saturated rings. The minimum Gasteiger partial charge on any atom is -0.423 e. The number of ether oxygens (including phenoxy) is 1. The van der Waals surface area contributed by atoms with Gasteiger partial charge in [0.1, 0.15) is 12.1 Å². The Labute approximate surface area is 154 Å². The van der Waals surface area contributed by atoms with Crippen LogP contribution in [0.25, 0.3) is 11.1 Å². The third kappa shape index (κ3) is 3.07. The largest absolute Gasteiger partial charge is 0.423 e. The highest BCUT2D eigenvalue weighted by molar-refractivity contribution is 5.78. The Balaban J connectivity index is 1.50. The van der Waals surface area contributed by atoms with Crippen LogP contribution in [0.4, 0.5) is 6.01 Å². The summed E-state index contributed by atoms with van der Waals surface area (Å²) in [6.07, 6.45) is 1.74. The Morgan fingerprint density at radius 1 is 1.19 bits per heavy atom. The highest BCUT2D eigenvalue weighted by atomic mass is 16.5. The van der Waals surface area contributed by atoms with Crippen LogP contribution in [0.2, 0.25) is 0 Å². The molecule has 2 aromatic rings. The number of oxazole rings is 1. The lowest BCUT2D eigenvalue weighted by atomic mass is 9.87. The van der Waals surface area contributed by atoms with Gasteiger partial charge in [-0.1, -0.05) is 26.8 Å². The van der Waals surface area contributed by atoms with Crippen molar-refractivity contribution in [1.82, 2.24) is 9.88 Å². The molecule has 1 aromatic heterocycles. The second kappa shape index (κ2) is 5.98. The van der Waals surface area contributed by atoms with Gasteiger partial charge in [-0.3, -0.25) is 4.79 Å². The molecule has 0 saturated carbocycles. The van der Waals surface area contributed by atoms with Crippen LogP contribution in [-0.4, -0.2) is 54.7 Å². The van der Waals surface area contributed by atoms with Gasteiger partial charge in [0.05, 0.1) is 5.60 Å². The monoisotopic (exact) mass is 357 g/mol. The molecule has 1 aromatic carbocycles. The number of amides is 1. The number of morpholine rings is 1. The summed E-state index contributed by atoms with van der Waals surface area (Å²) in [5.41, 5.74) is 2.86. The van der Waals surface area contributed by atoms with Gasteiger partial charge in [-0.15, -0.1) is 0 Å². The third-order valence-electron chi connectivity index (χ3n) is 5.64. The minimum absolute atomic E-state index is 0.0617. The number of hydrogen-bond donors (Lipinski definition) is 0. The summed E-state index contributed by atoms with van der Waals surface area (Å²) in [6, 6.07) is 6.94. The number of rotatable bonds is 1. The van der Waals surface area contributed by atoms with E-state index >= 15 is 0 Å². The molecule has 6 heteroatoms. The zero-order chi connectivity index (χ0) is 18.5. The molecule has 4 rings (SSSR count). The number of aromatic nitrogens is 1. The fraction of sp³-hybridized carbons (Fsp3) is 0.600. The first-order valence-electron chi connectivity index (χ1n) is 9.30. The summed E-state index contributed by atoms with van der Waals surface area (Å²) in [7, 11) is 1.85. The Morgan fingerprint density at radius 3 is 2.58 bits per heavy atom. The van der Waals surface area contributed by atoms with Crippen LogP contribution < -0.4 is 4.90 Å². The van der Waals surface area contributed by atoms with Crippen molar-refractivity contribution in [2.24, 2.45) is 0 Å². The summed E-state index contributed by atoms with van der Waals surface area (Å²) >= 11 is 0. The van der Waals surface area contributed by atoms with Crippen LogP contribution in [-0.2, 0) is 14.9 Å². The molecule has 6 nitrogen and oxygen atoms in total. The fourth-order valence-corrected chi connectivity index (χ4v) is 3.82. The van der Waals surface area contributed by atoms with Crippen molar-refractivity contribution in [3.63, 3.8) is 0 Å². The number of anilines is 1. The predicted molar refractivity (Wildman–Crippen MR) is 100 cm³/mol. The van der Waals surface area contributed by atoms with Crippen LogP contribution >= 0.6 is 0 Å². The Morgan fingerprint density at radius 2 is 1.92 bits per heavy atom. The molecule has 2 saturated heterocycles. The zero-order valence-electron chi connectivity index (χ0n) is 16.0. The molecule has 2 aliphatic rings. The summed E-state index contributed by atoms with van der Waals surface area (Å²) in [5.74, 6) is 0.0617. The van der Waals surface area contributed by atoms with Gasteiger partial charge in [-0.2, -0.15) is 4.98 Å². The maximum absolute atomic E-state index is 11.7. The highest BCUT2D eigenvalue weighted by Gasteiger charge is 2.41. The van der Waals surface area contributed by atoms with E-state index in [1.54, 1.807) is 4.90 Å². The van der Waals surface area contributed by atoms with E-state index in [2.05, 4.69) is 37.8 Å². The number of carbonyl (C=O) groups excluding carboxylic acids is 1. The standard InChI is InChI=1S/C20H27N3O3/c1-19(2,3)14-5-6-16-15(11-14)21-18(26-16)23-9-7-20(8-10-23)13-22(4)17(24)12-25-20/h5-6,11H,7-10,12-13H2,1-4H3. The van der Waals surface area contributed by atoms with E-state index in [-0.39, 0.29) is 23.5 Å². The molecule has 2 aliphatic heterocycles. The normalized spacial score (nSPS) is 21.0. The molecule has 0 aliphatic carbocycles. The minimum atomic E-state index is -0.218. The van der Waals surface area contributed by atoms with Gasteiger partial charge in [-0.05, 0) is 36.0 Å². The lowest BCUT2D eigenvalue weighted by Crippen LogP contribution is -2.57. The third-order valence-corrected chi connectivity index (χ3v) is 5.64. The zero-order valence-corrected chi connectivity index (χ0v) is 16.0. The fourth-order valence-electron chi connectivity index (χ4n) is 3.82. The average Bonchev–Trinajstić information content (AvgIpc) is 3.02. The van der Waals surface area contributed by atoms with E-state index in [0.29, 0.717) is 12.6 Å². The van der Waals surface area contributed by atoms with E-state index in [4.69, 9.17) is 14.1 Å². The quantitative estimate of drug-likeness (QED) is 0.785. The number of fused-ring (bicyclic) bond motifs is 1. The lowest BCUT2D eigenvalue weighted by Gasteiger charge is -2.45. The smallest absolute Gasteiger partial charge is 0.298 e. The van der Waals surface area contributed by atoms with E-state index in [0.717, 1.165) is 37.0 Å². The maximum Gasteiger partial charge on any atom is 0.298 e. The Kier molecular flexibility index (Phi) is 3.99. The van der Waals surface area contributed by atoms with Crippen LogP contribution in [0.1, 0.15) is 39.2 Å².